The number of nitrogens with zero attached hydrogens (tertiary/aromatic N) is 1. The Hall–Kier alpha value is -0.0800. The second-order valence-corrected chi connectivity index (χ2v) is 4.23. The molecule has 2 nitrogen and oxygen atoms in total. The lowest BCUT2D eigenvalue weighted by Gasteiger charge is -2.34. The summed E-state index contributed by atoms with van der Waals surface area (Å²) >= 11 is 0. The van der Waals surface area contributed by atoms with Gasteiger partial charge >= 0.3 is 0 Å². The van der Waals surface area contributed by atoms with Crippen LogP contribution in [0.25, 0.3) is 0 Å². The molecule has 0 amide bonds. The number of rotatable bonds is 4. The molecule has 0 radical (unpaired) electrons. The predicted molar refractivity (Wildman–Crippen MR) is 67.3 cm³/mol. The minimum atomic E-state index is 0.716. The first-order chi connectivity index (χ1) is 7.24. The Kier molecular flexibility index (Phi) is 9.12. The van der Waals surface area contributed by atoms with E-state index in [0.29, 0.717) is 6.04 Å². The molecule has 2 heteroatoms. The zero-order valence-corrected chi connectivity index (χ0v) is 11.3. The molecule has 0 atom stereocenters. The van der Waals surface area contributed by atoms with E-state index in [1.165, 1.54) is 25.9 Å². The quantitative estimate of drug-likeness (QED) is 0.714. The molecular weight excluding hydrogens is 186 g/mol. The summed E-state index contributed by atoms with van der Waals surface area (Å²) in [5.74, 6) is 0.815. The van der Waals surface area contributed by atoms with Gasteiger partial charge in [-0.15, -0.1) is 0 Å². The largest absolute Gasteiger partial charge is 0.381 e. The van der Waals surface area contributed by atoms with Gasteiger partial charge in [0, 0.05) is 19.3 Å². The van der Waals surface area contributed by atoms with Gasteiger partial charge in [0.1, 0.15) is 0 Å². The first-order valence-electron chi connectivity index (χ1n) is 6.55. The molecule has 0 aromatic heterocycles. The fourth-order valence-electron chi connectivity index (χ4n) is 1.92. The van der Waals surface area contributed by atoms with Crippen molar-refractivity contribution in [3.05, 3.63) is 0 Å². The molecule has 1 aliphatic heterocycles. The van der Waals surface area contributed by atoms with Gasteiger partial charge in [-0.05, 0) is 52.6 Å². The summed E-state index contributed by atoms with van der Waals surface area (Å²) in [5, 5.41) is 0. The number of hydrogen-bond donors (Lipinski definition) is 0. The maximum Gasteiger partial charge on any atom is 0.0495 e. The molecule has 0 spiro atoms. The average Bonchev–Trinajstić information content (AvgIpc) is 2.29. The maximum atomic E-state index is 5.45. The van der Waals surface area contributed by atoms with E-state index in [0.717, 1.165) is 19.1 Å². The molecule has 1 rings (SSSR count). The van der Waals surface area contributed by atoms with Crippen molar-refractivity contribution in [1.82, 2.24) is 4.90 Å². The lowest BCUT2D eigenvalue weighted by atomic mass is 9.97. The molecule has 0 aromatic rings. The standard InChI is InChI=1S/C11H23NO.C2H6/c1-4-13-9-11-5-7-12(8-6-11)10(2)3;1-2/h10-11H,4-9H2,1-3H3;1-2H3. The molecule has 0 unspecified atom stereocenters. The molecular formula is C13H29NO. The van der Waals surface area contributed by atoms with E-state index in [9.17, 15) is 0 Å². The maximum absolute atomic E-state index is 5.45. The van der Waals surface area contributed by atoms with Crippen molar-refractivity contribution in [1.29, 1.82) is 0 Å². The zero-order valence-electron chi connectivity index (χ0n) is 11.3. The van der Waals surface area contributed by atoms with Crippen molar-refractivity contribution < 1.29 is 4.74 Å². The van der Waals surface area contributed by atoms with E-state index >= 15 is 0 Å². The smallest absolute Gasteiger partial charge is 0.0495 e. The van der Waals surface area contributed by atoms with Crippen molar-refractivity contribution in [3.63, 3.8) is 0 Å². The Bertz CT molecular complexity index is 128. The van der Waals surface area contributed by atoms with Crippen LogP contribution >= 0.6 is 0 Å². The molecule has 0 saturated carbocycles. The highest BCUT2D eigenvalue weighted by atomic mass is 16.5. The normalized spacial score (nSPS) is 18.8. The van der Waals surface area contributed by atoms with Crippen LogP contribution in [0.2, 0.25) is 0 Å². The molecule has 0 aliphatic carbocycles. The van der Waals surface area contributed by atoms with Crippen LogP contribution in [0.4, 0.5) is 0 Å². The number of hydrogen-bond acceptors (Lipinski definition) is 2. The van der Waals surface area contributed by atoms with Gasteiger partial charge < -0.3 is 9.64 Å². The minimum Gasteiger partial charge on any atom is -0.381 e. The number of ether oxygens (including phenoxy) is 1. The highest BCUT2D eigenvalue weighted by Crippen LogP contribution is 2.18. The molecule has 1 fully saturated rings. The highest BCUT2D eigenvalue weighted by molar-refractivity contribution is 4.73. The Morgan fingerprint density at radius 3 is 2.13 bits per heavy atom. The van der Waals surface area contributed by atoms with Gasteiger partial charge in [0.15, 0.2) is 0 Å². The van der Waals surface area contributed by atoms with Crippen molar-refractivity contribution in [2.45, 2.75) is 53.5 Å². The van der Waals surface area contributed by atoms with Crippen LogP contribution < -0.4 is 0 Å². The molecule has 0 N–H and O–H groups in total. The Balaban J connectivity index is 0.000000921. The van der Waals surface area contributed by atoms with E-state index in [4.69, 9.17) is 4.74 Å². The van der Waals surface area contributed by atoms with Crippen LogP contribution in [0, 0.1) is 5.92 Å². The van der Waals surface area contributed by atoms with Crippen molar-refractivity contribution in [3.8, 4) is 0 Å². The van der Waals surface area contributed by atoms with E-state index in [2.05, 4.69) is 25.7 Å². The summed E-state index contributed by atoms with van der Waals surface area (Å²) in [5.41, 5.74) is 0. The van der Waals surface area contributed by atoms with Gasteiger partial charge in [-0.2, -0.15) is 0 Å². The van der Waals surface area contributed by atoms with Gasteiger partial charge in [-0.25, -0.2) is 0 Å². The fraction of sp³-hybridized carbons (Fsp3) is 1.00. The van der Waals surface area contributed by atoms with Gasteiger partial charge in [0.25, 0.3) is 0 Å². The van der Waals surface area contributed by atoms with Gasteiger partial charge in [-0.1, -0.05) is 13.8 Å². The van der Waals surface area contributed by atoms with Crippen LogP contribution in [0.1, 0.15) is 47.5 Å². The first-order valence-corrected chi connectivity index (χ1v) is 6.55. The van der Waals surface area contributed by atoms with Crippen LogP contribution in [-0.4, -0.2) is 37.2 Å². The molecule has 1 aliphatic rings. The Morgan fingerprint density at radius 2 is 1.73 bits per heavy atom. The van der Waals surface area contributed by atoms with Gasteiger partial charge in [0.2, 0.25) is 0 Å². The number of piperidine rings is 1. The fourth-order valence-corrected chi connectivity index (χ4v) is 1.92. The SMILES string of the molecule is CC.CCOCC1CCN(C(C)C)CC1. The third-order valence-corrected chi connectivity index (χ3v) is 2.94. The predicted octanol–water partition coefficient (Wildman–Crippen LogP) is 3.17. The zero-order chi connectivity index (χ0) is 11.7. The van der Waals surface area contributed by atoms with Crippen LogP contribution in [0.15, 0.2) is 0 Å². The average molecular weight is 215 g/mol. The molecule has 0 aromatic carbocycles. The minimum absolute atomic E-state index is 0.716. The molecule has 1 saturated heterocycles. The third kappa shape index (κ3) is 6.16. The van der Waals surface area contributed by atoms with E-state index in [-0.39, 0.29) is 0 Å². The first kappa shape index (κ1) is 14.9. The summed E-state index contributed by atoms with van der Waals surface area (Å²) in [6, 6.07) is 0.716. The molecule has 0 bridgehead atoms. The summed E-state index contributed by atoms with van der Waals surface area (Å²) in [6.07, 6.45) is 2.64. The molecule has 1 heterocycles. The summed E-state index contributed by atoms with van der Waals surface area (Å²) in [7, 11) is 0. The Morgan fingerprint density at radius 1 is 1.20 bits per heavy atom. The lowest BCUT2D eigenvalue weighted by Crippen LogP contribution is -2.39. The lowest BCUT2D eigenvalue weighted by molar-refractivity contribution is 0.0659. The van der Waals surface area contributed by atoms with Crippen LogP contribution in [0.5, 0.6) is 0 Å². The van der Waals surface area contributed by atoms with Gasteiger partial charge in [-0.3, -0.25) is 0 Å². The monoisotopic (exact) mass is 215 g/mol. The number of likely N-dealkylation sites (tertiary alicyclic amines) is 1. The topological polar surface area (TPSA) is 12.5 Å². The third-order valence-electron chi connectivity index (χ3n) is 2.94. The van der Waals surface area contributed by atoms with Crippen molar-refractivity contribution in [2.24, 2.45) is 5.92 Å². The molecule has 92 valence electrons. The second kappa shape index (κ2) is 9.17. The van der Waals surface area contributed by atoms with Crippen LogP contribution in [-0.2, 0) is 4.74 Å². The summed E-state index contributed by atoms with van der Waals surface area (Å²) in [4.78, 5) is 2.56. The highest BCUT2D eigenvalue weighted by Gasteiger charge is 2.20. The molecule has 15 heavy (non-hydrogen) atoms. The summed E-state index contributed by atoms with van der Waals surface area (Å²) in [6.45, 7) is 15.0. The van der Waals surface area contributed by atoms with Crippen molar-refractivity contribution in [2.75, 3.05) is 26.3 Å². The van der Waals surface area contributed by atoms with E-state index in [1.54, 1.807) is 0 Å². The van der Waals surface area contributed by atoms with Crippen molar-refractivity contribution >= 4 is 0 Å². The van der Waals surface area contributed by atoms with E-state index < -0.39 is 0 Å². The van der Waals surface area contributed by atoms with E-state index in [1.807, 2.05) is 13.8 Å². The van der Waals surface area contributed by atoms with Crippen LogP contribution in [0.3, 0.4) is 0 Å². The summed E-state index contributed by atoms with van der Waals surface area (Å²) < 4.78 is 5.45. The second-order valence-electron chi connectivity index (χ2n) is 4.23. The Labute approximate surface area is 96.0 Å². The van der Waals surface area contributed by atoms with Gasteiger partial charge in [0.05, 0.1) is 0 Å².